The number of halogens is 2. The molecule has 20 heavy (non-hydrogen) atoms. The van der Waals surface area contributed by atoms with E-state index in [4.69, 9.17) is 11.6 Å². The molecule has 0 bridgehead atoms. The summed E-state index contributed by atoms with van der Waals surface area (Å²) >= 11 is 7.82. The third-order valence-electron chi connectivity index (χ3n) is 3.21. The molecular formula is C16H17ClFNS. The van der Waals surface area contributed by atoms with Crippen molar-refractivity contribution in [3.8, 4) is 0 Å². The van der Waals surface area contributed by atoms with Gasteiger partial charge in [0.1, 0.15) is 5.82 Å². The molecule has 2 aromatic carbocycles. The Kier molecular flexibility index (Phi) is 5.46. The highest BCUT2D eigenvalue weighted by atomic mass is 35.5. The van der Waals surface area contributed by atoms with Gasteiger partial charge in [-0.15, -0.1) is 11.8 Å². The lowest BCUT2D eigenvalue weighted by Crippen LogP contribution is -2.20. The van der Waals surface area contributed by atoms with Crippen LogP contribution in [0.2, 0.25) is 5.02 Å². The summed E-state index contributed by atoms with van der Waals surface area (Å²) < 4.78 is 13.4. The first-order valence-corrected chi connectivity index (χ1v) is 7.79. The number of thioether (sulfide) groups is 1. The molecule has 0 aliphatic heterocycles. The molecule has 106 valence electrons. The Morgan fingerprint density at radius 3 is 2.70 bits per heavy atom. The molecule has 0 saturated carbocycles. The molecule has 2 rings (SSSR count). The SMILES string of the molecule is CNC(CSc1ccccc1Cl)c1cc(F)ccc1C. The van der Waals surface area contributed by atoms with Gasteiger partial charge < -0.3 is 5.32 Å². The van der Waals surface area contributed by atoms with Crippen molar-refractivity contribution >= 4 is 23.4 Å². The minimum Gasteiger partial charge on any atom is -0.312 e. The molecule has 0 heterocycles. The molecule has 4 heteroatoms. The number of aryl methyl sites for hydroxylation is 1. The van der Waals surface area contributed by atoms with E-state index in [0.29, 0.717) is 0 Å². The van der Waals surface area contributed by atoms with E-state index in [0.717, 1.165) is 26.8 Å². The zero-order valence-corrected chi connectivity index (χ0v) is 13.1. The zero-order chi connectivity index (χ0) is 14.5. The number of benzene rings is 2. The predicted octanol–water partition coefficient (Wildman–Crippen LogP) is 4.84. The molecule has 1 unspecified atom stereocenters. The highest BCUT2D eigenvalue weighted by Crippen LogP contribution is 2.31. The largest absolute Gasteiger partial charge is 0.312 e. The molecule has 1 nitrogen and oxygen atoms in total. The van der Waals surface area contributed by atoms with Crippen LogP contribution >= 0.6 is 23.4 Å². The zero-order valence-electron chi connectivity index (χ0n) is 11.5. The summed E-state index contributed by atoms with van der Waals surface area (Å²) in [5.74, 6) is 0.596. The second-order valence-corrected chi connectivity index (χ2v) is 6.05. The van der Waals surface area contributed by atoms with E-state index in [1.165, 1.54) is 6.07 Å². The first kappa shape index (κ1) is 15.4. The van der Waals surface area contributed by atoms with E-state index in [2.05, 4.69) is 5.32 Å². The average molecular weight is 310 g/mol. The van der Waals surface area contributed by atoms with Crippen molar-refractivity contribution in [3.05, 3.63) is 64.4 Å². The number of nitrogens with one attached hydrogen (secondary N) is 1. The number of hydrogen-bond donors (Lipinski definition) is 1. The molecule has 1 atom stereocenters. The van der Waals surface area contributed by atoms with E-state index in [1.807, 2.05) is 44.3 Å². The van der Waals surface area contributed by atoms with Crippen LogP contribution in [0.4, 0.5) is 4.39 Å². The molecule has 0 aromatic heterocycles. The third-order valence-corrected chi connectivity index (χ3v) is 4.82. The van der Waals surface area contributed by atoms with Gasteiger partial charge in [-0.25, -0.2) is 4.39 Å². The minimum atomic E-state index is -0.200. The van der Waals surface area contributed by atoms with E-state index >= 15 is 0 Å². The highest BCUT2D eigenvalue weighted by molar-refractivity contribution is 7.99. The lowest BCUT2D eigenvalue weighted by molar-refractivity contribution is 0.609. The van der Waals surface area contributed by atoms with E-state index in [1.54, 1.807) is 17.8 Å². The third kappa shape index (κ3) is 3.75. The van der Waals surface area contributed by atoms with Crippen LogP contribution in [-0.4, -0.2) is 12.8 Å². The van der Waals surface area contributed by atoms with Crippen LogP contribution in [0.5, 0.6) is 0 Å². The van der Waals surface area contributed by atoms with E-state index in [9.17, 15) is 4.39 Å². The van der Waals surface area contributed by atoms with Gasteiger partial charge in [0.2, 0.25) is 0 Å². The van der Waals surface area contributed by atoms with Gasteiger partial charge in [-0.1, -0.05) is 29.8 Å². The van der Waals surface area contributed by atoms with Crippen LogP contribution < -0.4 is 5.32 Å². The quantitative estimate of drug-likeness (QED) is 0.793. The summed E-state index contributed by atoms with van der Waals surface area (Å²) in [7, 11) is 1.89. The normalized spacial score (nSPS) is 12.4. The van der Waals surface area contributed by atoms with Gasteiger partial charge in [-0.05, 0) is 49.4 Å². The highest BCUT2D eigenvalue weighted by Gasteiger charge is 2.14. The second kappa shape index (κ2) is 7.11. The van der Waals surface area contributed by atoms with Gasteiger partial charge in [-0.2, -0.15) is 0 Å². The van der Waals surface area contributed by atoms with Gasteiger partial charge in [-0.3, -0.25) is 0 Å². The van der Waals surface area contributed by atoms with Crippen LogP contribution in [0.1, 0.15) is 17.2 Å². The number of hydrogen-bond acceptors (Lipinski definition) is 2. The van der Waals surface area contributed by atoms with Crippen molar-refractivity contribution in [2.45, 2.75) is 17.9 Å². The Hall–Kier alpha value is -1.03. The molecule has 0 aliphatic carbocycles. The topological polar surface area (TPSA) is 12.0 Å². The lowest BCUT2D eigenvalue weighted by Gasteiger charge is -2.19. The molecule has 0 amide bonds. The van der Waals surface area contributed by atoms with E-state index < -0.39 is 0 Å². The fourth-order valence-electron chi connectivity index (χ4n) is 2.05. The minimum absolute atomic E-state index is 0.0898. The molecule has 1 N–H and O–H groups in total. The lowest BCUT2D eigenvalue weighted by atomic mass is 10.0. The molecule has 0 fully saturated rings. The molecule has 0 aliphatic rings. The van der Waals surface area contributed by atoms with Crippen molar-refractivity contribution in [1.29, 1.82) is 0 Å². The first-order valence-electron chi connectivity index (χ1n) is 6.42. The van der Waals surface area contributed by atoms with Gasteiger partial charge in [0, 0.05) is 16.7 Å². The summed E-state index contributed by atoms with van der Waals surface area (Å²) in [6.07, 6.45) is 0. The van der Waals surface area contributed by atoms with Gasteiger partial charge in [0.05, 0.1) is 5.02 Å². The van der Waals surface area contributed by atoms with Crippen molar-refractivity contribution in [1.82, 2.24) is 5.32 Å². The van der Waals surface area contributed by atoms with Crippen LogP contribution in [0, 0.1) is 12.7 Å². The maximum absolute atomic E-state index is 13.4. The fourth-order valence-corrected chi connectivity index (χ4v) is 3.42. The monoisotopic (exact) mass is 309 g/mol. The van der Waals surface area contributed by atoms with E-state index in [-0.39, 0.29) is 11.9 Å². The average Bonchev–Trinajstić information content (AvgIpc) is 2.45. The molecule has 0 spiro atoms. The Bertz CT molecular complexity index is 588. The maximum Gasteiger partial charge on any atom is 0.123 e. The van der Waals surface area contributed by atoms with Gasteiger partial charge in [0.25, 0.3) is 0 Å². The van der Waals surface area contributed by atoms with Gasteiger partial charge in [0.15, 0.2) is 0 Å². The molecule has 0 radical (unpaired) electrons. The van der Waals surface area contributed by atoms with Crippen molar-refractivity contribution in [2.75, 3.05) is 12.8 Å². The Morgan fingerprint density at radius 2 is 2.00 bits per heavy atom. The second-order valence-electron chi connectivity index (χ2n) is 4.58. The molecular weight excluding hydrogens is 293 g/mol. The summed E-state index contributed by atoms with van der Waals surface area (Å²) in [6.45, 7) is 2.00. The van der Waals surface area contributed by atoms with Crippen LogP contribution in [-0.2, 0) is 0 Å². The molecule has 2 aromatic rings. The van der Waals surface area contributed by atoms with Crippen LogP contribution in [0.3, 0.4) is 0 Å². The van der Waals surface area contributed by atoms with Crippen molar-refractivity contribution in [3.63, 3.8) is 0 Å². The Labute approximate surface area is 128 Å². The molecule has 0 saturated heterocycles. The standard InChI is InChI=1S/C16H17ClFNS/c1-11-7-8-12(18)9-13(11)15(19-2)10-20-16-6-4-3-5-14(16)17/h3-9,15,19H,10H2,1-2H3. The summed E-state index contributed by atoms with van der Waals surface area (Å²) in [5.41, 5.74) is 2.08. The summed E-state index contributed by atoms with van der Waals surface area (Å²) in [5, 5.41) is 4.00. The Morgan fingerprint density at radius 1 is 1.25 bits per heavy atom. The fraction of sp³-hybridized carbons (Fsp3) is 0.250. The van der Waals surface area contributed by atoms with Crippen LogP contribution in [0.15, 0.2) is 47.4 Å². The summed E-state index contributed by atoms with van der Waals surface area (Å²) in [4.78, 5) is 1.04. The summed E-state index contributed by atoms with van der Waals surface area (Å²) in [6, 6.07) is 12.8. The number of rotatable bonds is 5. The smallest absolute Gasteiger partial charge is 0.123 e. The maximum atomic E-state index is 13.4. The van der Waals surface area contributed by atoms with Crippen LogP contribution in [0.25, 0.3) is 0 Å². The Balaban J connectivity index is 2.13. The van der Waals surface area contributed by atoms with Crippen molar-refractivity contribution in [2.24, 2.45) is 0 Å². The van der Waals surface area contributed by atoms with Crippen molar-refractivity contribution < 1.29 is 4.39 Å². The predicted molar refractivity (Wildman–Crippen MR) is 85.1 cm³/mol. The van der Waals surface area contributed by atoms with Gasteiger partial charge >= 0.3 is 0 Å². The first-order chi connectivity index (χ1) is 9.61.